The maximum absolute atomic E-state index is 12.2. The molecular weight excluding hydrogens is 1310 g/mol. The lowest BCUT2D eigenvalue weighted by molar-refractivity contribution is -0.182. The van der Waals surface area contributed by atoms with Crippen LogP contribution in [0.15, 0.2) is 0 Å². The van der Waals surface area contributed by atoms with Gasteiger partial charge in [0, 0.05) is 48.3 Å². The number of carbonyl (C=O) groups is 12. The summed E-state index contributed by atoms with van der Waals surface area (Å²) in [5.74, 6) is -1.46. The van der Waals surface area contributed by atoms with Gasteiger partial charge in [0.25, 0.3) is 0 Å². The van der Waals surface area contributed by atoms with Gasteiger partial charge < -0.3 is 56.8 Å². The Kier molecular flexibility index (Phi) is 25.2. The van der Waals surface area contributed by atoms with Crippen molar-refractivity contribution in [1.82, 2.24) is 0 Å². The molecule has 6 saturated carbocycles. The molecule has 6 bridgehead atoms. The first-order valence-corrected chi connectivity index (χ1v) is 36.7. The summed E-state index contributed by atoms with van der Waals surface area (Å²) in [5.41, 5.74) is -4.62. The van der Waals surface area contributed by atoms with E-state index in [9.17, 15) is 62.8 Å². The second-order valence-electron chi connectivity index (χ2n) is 33.8. The fourth-order valence-corrected chi connectivity index (χ4v) is 14.6. The van der Waals surface area contributed by atoms with Crippen molar-refractivity contribution in [2.75, 3.05) is 19.8 Å². The molecule has 0 aromatic rings. The lowest BCUT2D eigenvalue weighted by Crippen LogP contribution is -2.43. The third-order valence-electron chi connectivity index (χ3n) is 24.5. The minimum atomic E-state index is -0.974. The van der Waals surface area contributed by atoms with Gasteiger partial charge >= 0.3 is 71.6 Å². The third kappa shape index (κ3) is 17.4. The Balaban J connectivity index is 0.000000171. The Bertz CT molecular complexity index is 3190. The Morgan fingerprint density at radius 2 is 0.990 bits per heavy atom. The lowest BCUT2D eigenvalue weighted by Gasteiger charge is -2.35. The monoisotopic (exact) mass is 1420 g/mol. The van der Waals surface area contributed by atoms with E-state index in [0.29, 0.717) is 75.9 Å². The van der Waals surface area contributed by atoms with Crippen LogP contribution in [0.3, 0.4) is 0 Å². The molecule has 0 N–H and O–H groups in total. The van der Waals surface area contributed by atoms with E-state index >= 15 is 0 Å². The lowest BCUT2D eigenvalue weighted by atomic mass is 9.74. The van der Waals surface area contributed by atoms with Crippen LogP contribution in [0.4, 0.5) is 0 Å². The molecule has 6 heterocycles. The molecule has 0 aromatic carbocycles. The first-order valence-electron chi connectivity index (χ1n) is 36.7. The molecule has 12 rings (SSSR count). The largest absolute Gasteiger partial charge is 0.465 e. The topological polar surface area (TPSA) is 339 Å². The number of rotatable bonds is 18. The molecule has 0 spiro atoms. The van der Waals surface area contributed by atoms with Gasteiger partial charge in [-0.15, -0.1) is 0 Å². The van der Waals surface area contributed by atoms with Crippen molar-refractivity contribution >= 4 is 71.6 Å². The minimum absolute atomic E-state index is 0.0455. The van der Waals surface area contributed by atoms with Gasteiger partial charge in [0.15, 0.2) is 5.41 Å². The second kappa shape index (κ2) is 31.2. The summed E-state index contributed by atoms with van der Waals surface area (Å²) in [6.07, 6.45) is 7.05. The van der Waals surface area contributed by atoms with E-state index in [1.807, 2.05) is 111 Å². The van der Waals surface area contributed by atoms with Gasteiger partial charge in [-0.25, -0.2) is 4.79 Å². The zero-order valence-corrected chi connectivity index (χ0v) is 63.3. The molecule has 19 atom stereocenters. The van der Waals surface area contributed by atoms with Crippen LogP contribution < -0.4 is 0 Å². The molecule has 101 heavy (non-hydrogen) atoms. The molecule has 19 unspecified atom stereocenters. The number of ether oxygens (including phenoxy) is 12. The molecule has 25 nitrogen and oxygen atoms in total. The van der Waals surface area contributed by atoms with Crippen molar-refractivity contribution in [3.63, 3.8) is 0 Å². The van der Waals surface area contributed by atoms with Crippen LogP contribution in [0.25, 0.3) is 0 Å². The quantitative estimate of drug-likeness (QED) is 0.0909. The maximum atomic E-state index is 12.2. The highest BCUT2D eigenvalue weighted by atomic mass is 16.6. The van der Waals surface area contributed by atoms with E-state index in [-0.39, 0.29) is 151 Å². The van der Waals surface area contributed by atoms with E-state index in [4.69, 9.17) is 56.8 Å². The number of nitriles is 1. The van der Waals surface area contributed by atoms with Crippen LogP contribution in [-0.2, 0) is 114 Å². The maximum Gasteiger partial charge on any atom is 0.347 e. The van der Waals surface area contributed by atoms with Crippen molar-refractivity contribution < 1.29 is 114 Å². The van der Waals surface area contributed by atoms with Gasteiger partial charge in [-0.1, -0.05) is 48.5 Å². The van der Waals surface area contributed by atoms with E-state index in [2.05, 4.69) is 13.0 Å². The number of carbonyl (C=O) groups excluding carboxylic acids is 12. The number of esters is 12. The molecule has 0 amide bonds. The molecule has 566 valence electrons. The first-order chi connectivity index (χ1) is 46.9. The highest BCUT2D eigenvalue weighted by Crippen LogP contribution is 2.63. The van der Waals surface area contributed by atoms with Crippen LogP contribution >= 0.6 is 0 Å². The smallest absolute Gasteiger partial charge is 0.347 e. The van der Waals surface area contributed by atoms with Crippen molar-refractivity contribution in [1.29, 1.82) is 5.26 Å². The summed E-state index contributed by atoms with van der Waals surface area (Å²) < 4.78 is 63.1. The molecule has 0 radical (unpaired) electrons. The zero-order chi connectivity index (χ0) is 75.7. The van der Waals surface area contributed by atoms with Crippen LogP contribution in [0.5, 0.6) is 0 Å². The molecule has 6 aliphatic heterocycles. The Labute approximate surface area is 595 Å². The number of nitrogens with zero attached hydrogens (tertiary/aromatic N) is 1. The van der Waals surface area contributed by atoms with E-state index in [0.717, 1.165) is 38.5 Å². The number of hydrogen-bond donors (Lipinski definition) is 0. The minimum Gasteiger partial charge on any atom is -0.465 e. The van der Waals surface area contributed by atoms with Crippen molar-refractivity contribution in [2.45, 2.75) is 289 Å². The Morgan fingerprint density at radius 1 is 0.505 bits per heavy atom. The summed E-state index contributed by atoms with van der Waals surface area (Å²) in [5, 5.41) is 9.31. The molecule has 12 fully saturated rings. The first kappa shape index (κ1) is 81.4. The van der Waals surface area contributed by atoms with Gasteiger partial charge in [0.05, 0.1) is 76.5 Å². The standard InChI is InChI=1S/C15H19NO4.C15H22O4.C14H20O4.C12H20O4.2C10H16O4/c1-4-14(2,3)12(17)19-10-8-5-9-11(10)20-13(18)15(9,6-8)7-16;1-5-15(3,4)14(17)19-11-8-6-9-10(7(8)2)13(16)18-12(9)11;1-4-14(2,3)13(16)18-10-7-5-8-9(6-7)12(15)17-11(8)10;1-5-11(2,3)10(14)16-12(4)6-7-15-9(13)8-12;1-4-10(2,3)9(12)14-7-5-8(11)13-6-7;1-4-10(2,3)9(12)14-7-5-6-13-8(7)11/h8-11H,4-6H2,1-3H3;7-12H,5-6H2,1-4H3;7-11H,4-6H2,1-3H3;5-8H2,1-4H3;2*7H,4-6H2,1-3H3. The predicted molar refractivity (Wildman–Crippen MR) is 358 cm³/mol. The predicted octanol–water partition coefficient (Wildman–Crippen LogP) is 10.5. The average Bonchev–Trinajstić information content (AvgIpc) is 1.56. The summed E-state index contributed by atoms with van der Waals surface area (Å²) in [7, 11) is 0. The molecule has 0 aromatic heterocycles. The van der Waals surface area contributed by atoms with E-state index in [1.54, 1.807) is 20.8 Å². The molecule has 6 aliphatic carbocycles. The number of cyclic esters (lactones) is 3. The van der Waals surface area contributed by atoms with Crippen LogP contribution in [0, 0.1) is 102 Å². The van der Waals surface area contributed by atoms with Crippen molar-refractivity contribution in [2.24, 2.45) is 91.2 Å². The van der Waals surface area contributed by atoms with Gasteiger partial charge in [-0.2, -0.15) is 5.26 Å². The van der Waals surface area contributed by atoms with Gasteiger partial charge in [-0.3, -0.25) is 52.7 Å². The van der Waals surface area contributed by atoms with Crippen molar-refractivity contribution in [3.05, 3.63) is 0 Å². The van der Waals surface area contributed by atoms with Crippen LogP contribution in [0.1, 0.15) is 235 Å². The van der Waals surface area contributed by atoms with Crippen LogP contribution in [0.2, 0.25) is 0 Å². The normalized spacial score (nSPS) is 33.9. The molecule has 25 heteroatoms. The zero-order valence-electron chi connectivity index (χ0n) is 63.3. The van der Waals surface area contributed by atoms with Gasteiger partial charge in [-0.05, 0) is 167 Å². The number of hydrogen-bond acceptors (Lipinski definition) is 25. The third-order valence-corrected chi connectivity index (χ3v) is 24.5. The van der Waals surface area contributed by atoms with Gasteiger partial charge in [0.1, 0.15) is 54.9 Å². The molecule has 6 saturated heterocycles. The van der Waals surface area contributed by atoms with Gasteiger partial charge in [0.2, 0.25) is 6.10 Å². The molecular formula is C76H113NO24. The average molecular weight is 1420 g/mol. The van der Waals surface area contributed by atoms with Crippen molar-refractivity contribution in [3.8, 4) is 6.07 Å². The summed E-state index contributed by atoms with van der Waals surface area (Å²) >= 11 is 0. The fraction of sp³-hybridized carbons (Fsp3) is 0.829. The Morgan fingerprint density at radius 3 is 1.48 bits per heavy atom. The summed E-state index contributed by atoms with van der Waals surface area (Å²) in [6, 6.07) is 2.15. The summed E-state index contributed by atoms with van der Waals surface area (Å²) in [6.45, 7) is 38.7. The van der Waals surface area contributed by atoms with Crippen LogP contribution in [-0.4, -0.2) is 146 Å². The fourth-order valence-electron chi connectivity index (χ4n) is 14.6. The Hall–Kier alpha value is -6.87. The summed E-state index contributed by atoms with van der Waals surface area (Å²) in [4.78, 5) is 140. The second-order valence-corrected chi connectivity index (χ2v) is 33.8. The van der Waals surface area contributed by atoms with E-state index < -0.39 is 67.7 Å². The SMILES string of the molecule is CCC(C)(C)C(=O)OC1(C)CCOC(=O)C1.CCC(C)(C)C(=O)OC1C2CC3C(=O)OC1C3C2.CCC(C)(C)C(=O)OC1C2CC3C1OC(=O)C3(C#N)C2.CCC(C)(C)C(=O)OC1C2CC3C1OC(=O)C3C2C.CCC(C)(C)C(=O)OC1CCOC1=O.CCC(C)(C)C(=O)OC1COC(=O)C1. The van der Waals surface area contributed by atoms with E-state index in [1.165, 1.54) is 0 Å². The highest BCUT2D eigenvalue weighted by molar-refractivity contribution is 5.86. The number of fused-ring (bicyclic) bond motifs is 3. The highest BCUT2D eigenvalue weighted by Gasteiger charge is 2.73. The molecule has 12 aliphatic rings.